The van der Waals surface area contributed by atoms with Crippen LogP contribution in [-0.2, 0) is 11.3 Å². The third-order valence-corrected chi connectivity index (χ3v) is 3.91. The van der Waals surface area contributed by atoms with E-state index in [1.54, 1.807) is 18.2 Å². The minimum absolute atomic E-state index is 0.165. The Morgan fingerprint density at radius 2 is 1.95 bits per heavy atom. The lowest BCUT2D eigenvalue weighted by Crippen LogP contribution is -2.29. The Hall–Kier alpha value is -2.01. The molecule has 0 spiro atoms. The van der Waals surface area contributed by atoms with Crippen LogP contribution in [-0.4, -0.2) is 11.7 Å². The number of hydrogen-bond donors (Lipinski definition) is 0. The Morgan fingerprint density at radius 3 is 2.67 bits per heavy atom. The molecule has 1 heterocycles. The Morgan fingerprint density at radius 1 is 1.19 bits per heavy atom. The normalized spacial score (nSPS) is 13.8. The van der Waals surface area contributed by atoms with Crippen LogP contribution in [0.1, 0.15) is 21.5 Å². The van der Waals surface area contributed by atoms with E-state index in [4.69, 9.17) is 0 Å². The molecule has 106 valence electrons. The maximum absolute atomic E-state index is 13.5. The van der Waals surface area contributed by atoms with Crippen LogP contribution in [0.15, 0.2) is 40.9 Å². The number of nitrogens with zero attached hydrogens (tertiary/aromatic N) is 1. The number of aryl methyl sites for hydroxylation is 1. The zero-order chi connectivity index (χ0) is 15.1. The smallest absolute Gasteiger partial charge is 0.299 e. The van der Waals surface area contributed by atoms with E-state index in [2.05, 4.69) is 15.9 Å². The topological polar surface area (TPSA) is 37.4 Å². The van der Waals surface area contributed by atoms with Crippen molar-refractivity contribution in [1.29, 1.82) is 0 Å². The first-order valence-electron chi connectivity index (χ1n) is 6.38. The van der Waals surface area contributed by atoms with Crippen LogP contribution in [0.25, 0.3) is 0 Å². The van der Waals surface area contributed by atoms with Crippen molar-refractivity contribution in [1.82, 2.24) is 0 Å². The molecule has 2 aromatic rings. The van der Waals surface area contributed by atoms with E-state index in [1.807, 2.05) is 13.0 Å². The lowest BCUT2D eigenvalue weighted by molar-refractivity contribution is -0.114. The summed E-state index contributed by atoms with van der Waals surface area (Å²) >= 11 is 3.23. The number of ketones is 1. The second-order valence-corrected chi connectivity index (χ2v) is 5.88. The largest absolute Gasteiger partial charge is 0.300 e. The molecule has 0 atom stereocenters. The summed E-state index contributed by atoms with van der Waals surface area (Å²) in [6.45, 7) is 2.01. The highest BCUT2D eigenvalue weighted by atomic mass is 79.9. The van der Waals surface area contributed by atoms with E-state index in [1.165, 1.54) is 17.0 Å². The van der Waals surface area contributed by atoms with Crippen LogP contribution in [0.5, 0.6) is 0 Å². The number of benzene rings is 2. The van der Waals surface area contributed by atoms with Gasteiger partial charge in [-0.1, -0.05) is 28.1 Å². The highest BCUT2D eigenvalue weighted by Crippen LogP contribution is 2.33. The van der Waals surface area contributed by atoms with Crippen molar-refractivity contribution in [3.8, 4) is 0 Å². The number of carbonyl (C=O) groups excluding carboxylic acids is 2. The number of para-hydroxylation sites is 1. The molecule has 1 amide bonds. The van der Waals surface area contributed by atoms with Crippen molar-refractivity contribution in [2.75, 3.05) is 4.90 Å². The fourth-order valence-electron chi connectivity index (χ4n) is 2.58. The van der Waals surface area contributed by atoms with Crippen LogP contribution < -0.4 is 4.90 Å². The number of amides is 1. The Kier molecular flexibility index (Phi) is 3.37. The summed E-state index contributed by atoms with van der Waals surface area (Å²) in [7, 11) is 0. The fraction of sp³-hybridized carbons (Fsp3) is 0.125. The van der Waals surface area contributed by atoms with Gasteiger partial charge in [-0.25, -0.2) is 4.39 Å². The van der Waals surface area contributed by atoms with E-state index in [0.717, 1.165) is 5.56 Å². The SMILES string of the molecule is Cc1cccc2c1N(Cc1cc(F)cc(Br)c1)C(=O)C2=O. The zero-order valence-corrected chi connectivity index (χ0v) is 12.8. The molecule has 0 saturated heterocycles. The second kappa shape index (κ2) is 5.07. The highest BCUT2D eigenvalue weighted by molar-refractivity contribution is 9.10. The number of anilines is 1. The molecule has 0 N–H and O–H groups in total. The summed E-state index contributed by atoms with van der Waals surface area (Å²) < 4.78 is 14.0. The highest BCUT2D eigenvalue weighted by Gasteiger charge is 2.36. The number of rotatable bonds is 2. The van der Waals surface area contributed by atoms with Gasteiger partial charge in [0.25, 0.3) is 11.7 Å². The minimum atomic E-state index is -0.570. The molecule has 3 rings (SSSR count). The Balaban J connectivity index is 2.04. The van der Waals surface area contributed by atoms with Gasteiger partial charge >= 0.3 is 0 Å². The van der Waals surface area contributed by atoms with E-state index < -0.39 is 11.7 Å². The molecule has 0 radical (unpaired) electrons. The zero-order valence-electron chi connectivity index (χ0n) is 11.2. The van der Waals surface area contributed by atoms with Crippen molar-refractivity contribution in [2.24, 2.45) is 0 Å². The second-order valence-electron chi connectivity index (χ2n) is 4.97. The molecular weight excluding hydrogens is 337 g/mol. The van der Waals surface area contributed by atoms with Gasteiger partial charge in [0.05, 0.1) is 17.8 Å². The molecule has 0 bridgehead atoms. The first-order chi connectivity index (χ1) is 9.97. The van der Waals surface area contributed by atoms with Crippen molar-refractivity contribution >= 4 is 33.3 Å². The van der Waals surface area contributed by atoms with Crippen LogP contribution >= 0.6 is 15.9 Å². The molecule has 0 aromatic heterocycles. The predicted octanol–water partition coefficient (Wildman–Crippen LogP) is 3.63. The lowest BCUT2D eigenvalue weighted by Gasteiger charge is -2.18. The molecule has 0 saturated carbocycles. The molecule has 0 aliphatic carbocycles. The molecule has 1 aliphatic rings. The quantitative estimate of drug-likeness (QED) is 0.778. The van der Waals surface area contributed by atoms with Crippen molar-refractivity contribution in [3.63, 3.8) is 0 Å². The summed E-state index contributed by atoms with van der Waals surface area (Å²) in [5, 5.41) is 0. The monoisotopic (exact) mass is 347 g/mol. The van der Waals surface area contributed by atoms with Gasteiger partial charge in [-0.2, -0.15) is 0 Å². The van der Waals surface area contributed by atoms with Gasteiger partial charge in [-0.3, -0.25) is 9.59 Å². The fourth-order valence-corrected chi connectivity index (χ4v) is 3.09. The summed E-state index contributed by atoms with van der Waals surface area (Å²) in [4.78, 5) is 25.6. The van der Waals surface area contributed by atoms with Gasteiger partial charge in [0, 0.05) is 4.47 Å². The van der Waals surface area contributed by atoms with Crippen LogP contribution in [0, 0.1) is 12.7 Å². The number of fused-ring (bicyclic) bond motifs is 1. The first kappa shape index (κ1) is 13.9. The summed E-state index contributed by atoms with van der Waals surface area (Å²) in [5.74, 6) is -1.47. The van der Waals surface area contributed by atoms with E-state index in [0.29, 0.717) is 21.3 Å². The number of hydrogen-bond acceptors (Lipinski definition) is 2. The van der Waals surface area contributed by atoms with E-state index in [-0.39, 0.29) is 12.4 Å². The summed E-state index contributed by atoms with van der Waals surface area (Å²) in [5.41, 5.74) is 2.50. The van der Waals surface area contributed by atoms with Gasteiger partial charge < -0.3 is 4.90 Å². The average molecular weight is 348 g/mol. The molecule has 0 fully saturated rings. The third kappa shape index (κ3) is 2.38. The first-order valence-corrected chi connectivity index (χ1v) is 7.17. The number of carbonyl (C=O) groups is 2. The van der Waals surface area contributed by atoms with Crippen molar-refractivity contribution < 1.29 is 14.0 Å². The van der Waals surface area contributed by atoms with Gasteiger partial charge in [-0.05, 0) is 42.3 Å². The van der Waals surface area contributed by atoms with Gasteiger partial charge in [-0.15, -0.1) is 0 Å². The molecule has 0 unspecified atom stereocenters. The third-order valence-electron chi connectivity index (χ3n) is 3.45. The van der Waals surface area contributed by atoms with E-state index >= 15 is 0 Å². The van der Waals surface area contributed by atoms with Crippen molar-refractivity contribution in [3.05, 3.63) is 63.4 Å². The van der Waals surface area contributed by atoms with Crippen LogP contribution in [0.4, 0.5) is 10.1 Å². The maximum atomic E-state index is 13.5. The van der Waals surface area contributed by atoms with Crippen LogP contribution in [0.2, 0.25) is 0 Å². The van der Waals surface area contributed by atoms with Crippen molar-refractivity contribution in [2.45, 2.75) is 13.5 Å². The molecule has 5 heteroatoms. The van der Waals surface area contributed by atoms with Gasteiger partial charge in [0.15, 0.2) is 0 Å². The predicted molar refractivity (Wildman–Crippen MR) is 80.8 cm³/mol. The van der Waals surface area contributed by atoms with Crippen LogP contribution in [0.3, 0.4) is 0 Å². The average Bonchev–Trinajstić information content (AvgIpc) is 2.64. The van der Waals surface area contributed by atoms with Gasteiger partial charge in [0.2, 0.25) is 0 Å². The number of halogens is 2. The van der Waals surface area contributed by atoms with E-state index in [9.17, 15) is 14.0 Å². The van der Waals surface area contributed by atoms with Gasteiger partial charge in [0.1, 0.15) is 5.82 Å². The summed E-state index contributed by atoms with van der Waals surface area (Å²) in [6.07, 6.45) is 0. The minimum Gasteiger partial charge on any atom is -0.300 e. The standard InChI is InChI=1S/C16H11BrFNO2/c1-9-3-2-4-13-14(9)19(16(21)15(13)20)8-10-5-11(17)7-12(18)6-10/h2-7H,8H2,1H3. The molecule has 2 aromatic carbocycles. The summed E-state index contributed by atoms with van der Waals surface area (Å²) in [6, 6.07) is 9.68. The molecule has 21 heavy (non-hydrogen) atoms. The molecule has 3 nitrogen and oxygen atoms in total. The Bertz CT molecular complexity index is 753. The molecule has 1 aliphatic heterocycles. The number of Topliss-reactive ketones (excluding diaryl/α,β-unsaturated/α-hetero) is 1. The Labute approximate surface area is 129 Å². The maximum Gasteiger partial charge on any atom is 0.299 e. The molecular formula is C16H11BrFNO2. The lowest BCUT2D eigenvalue weighted by atomic mass is 10.1.